The van der Waals surface area contributed by atoms with E-state index in [-0.39, 0.29) is 54.4 Å². The molecular formula is C55H44N4OPt-2. The van der Waals surface area contributed by atoms with Crippen molar-refractivity contribution >= 4 is 32.8 Å². The molecule has 0 unspecified atom stereocenters. The first-order valence-corrected chi connectivity index (χ1v) is 19.7. The van der Waals surface area contributed by atoms with Gasteiger partial charge in [0.1, 0.15) is 5.82 Å². The largest absolute Gasteiger partial charge is 0.509 e. The van der Waals surface area contributed by atoms with Crippen LogP contribution in [0, 0.1) is 18.5 Å². The van der Waals surface area contributed by atoms with Gasteiger partial charge < -0.3 is 18.4 Å². The Morgan fingerprint density at radius 1 is 0.639 bits per heavy atom. The van der Waals surface area contributed by atoms with Crippen molar-refractivity contribution < 1.29 is 44.1 Å². The predicted octanol–water partition coefficient (Wildman–Crippen LogP) is 13.0. The van der Waals surface area contributed by atoms with Gasteiger partial charge in [0.2, 0.25) is 6.33 Å². The molecule has 0 fully saturated rings. The van der Waals surface area contributed by atoms with E-state index in [1.165, 1.54) is 0 Å². The number of hydrogen-bond donors (Lipinski definition) is 0. The van der Waals surface area contributed by atoms with E-state index in [0.717, 1.165) is 33.2 Å². The van der Waals surface area contributed by atoms with E-state index in [2.05, 4.69) is 62.0 Å². The fraction of sp³-hybridized carbons (Fsp3) is 0.127. The van der Waals surface area contributed by atoms with Gasteiger partial charge in [0, 0.05) is 44.3 Å². The van der Waals surface area contributed by atoms with Crippen molar-refractivity contribution in [1.82, 2.24) is 14.1 Å². The fourth-order valence-corrected chi connectivity index (χ4v) is 7.89. The number of pyridine rings is 1. The van der Waals surface area contributed by atoms with Crippen molar-refractivity contribution in [3.8, 4) is 45.3 Å². The molecule has 3 heterocycles. The van der Waals surface area contributed by atoms with Crippen LogP contribution in [0.2, 0.25) is 0 Å². The monoisotopic (exact) mass is 981 g/mol. The Morgan fingerprint density at radius 2 is 1.28 bits per heavy atom. The SMILES string of the molecule is [2H]c1c([2H])c([2H])c(-c2cccc(-c3c([2H])c([2H])c([2H])c([2H])c3[2H])c2-[n+]2[c-]n(C(C)(C)c3[c-]c(Oc4[c-]c5c(cc4)c4ccccc4n5-c4cc(C(C)(C)C)ccn4)ccc3)c3ccccc32)c([2H])c1[2H].[Pt]. The van der Waals surface area contributed by atoms with Gasteiger partial charge in [-0.15, -0.1) is 35.2 Å². The summed E-state index contributed by atoms with van der Waals surface area (Å²) in [5, 5.41) is 2.05. The van der Waals surface area contributed by atoms with Crippen LogP contribution in [0.4, 0.5) is 0 Å². The summed E-state index contributed by atoms with van der Waals surface area (Å²) < 4.78 is 99.4. The normalized spacial score (nSPS) is 14.2. The minimum atomic E-state index is -0.934. The molecule has 0 N–H and O–H groups in total. The first-order valence-electron chi connectivity index (χ1n) is 24.7. The smallest absolute Gasteiger partial charge is 0.245 e. The topological polar surface area (TPSA) is 35.9 Å². The summed E-state index contributed by atoms with van der Waals surface area (Å²) in [4.78, 5) is 4.81. The molecule has 0 aliphatic rings. The van der Waals surface area contributed by atoms with Gasteiger partial charge in [-0.3, -0.25) is 0 Å². The number of ether oxygens (including phenoxy) is 1. The zero-order valence-corrected chi connectivity index (χ0v) is 36.3. The number of para-hydroxylation sites is 4. The summed E-state index contributed by atoms with van der Waals surface area (Å²) in [6, 6.07) is 36.0. The van der Waals surface area contributed by atoms with Crippen LogP contribution >= 0.6 is 0 Å². The minimum absolute atomic E-state index is 0. The van der Waals surface area contributed by atoms with Gasteiger partial charge in [-0.25, -0.2) is 4.98 Å². The Bertz CT molecular complexity index is 3660. The number of nitrogens with zero attached hydrogens (tertiary/aromatic N) is 4. The van der Waals surface area contributed by atoms with Crippen LogP contribution in [0.1, 0.15) is 59.5 Å². The molecule has 10 rings (SSSR count). The maximum Gasteiger partial charge on any atom is 0.245 e. The molecule has 0 spiro atoms. The molecule has 302 valence electrons. The average Bonchev–Trinajstić information content (AvgIpc) is 3.90. The third-order valence-electron chi connectivity index (χ3n) is 11.0. The summed E-state index contributed by atoms with van der Waals surface area (Å²) >= 11 is 0. The van der Waals surface area contributed by atoms with Crippen LogP contribution in [-0.4, -0.2) is 14.1 Å². The Kier molecular flexibility index (Phi) is 7.68. The molecular weight excluding hydrogens is 928 g/mol. The Morgan fingerprint density at radius 3 is 1.98 bits per heavy atom. The molecule has 5 nitrogen and oxygen atoms in total. The molecule has 3 aromatic heterocycles. The van der Waals surface area contributed by atoms with Crippen LogP contribution in [0.15, 0.2) is 176 Å². The number of hydrogen-bond acceptors (Lipinski definition) is 2. The third-order valence-corrected chi connectivity index (χ3v) is 11.0. The van der Waals surface area contributed by atoms with Gasteiger partial charge in [-0.05, 0) is 70.7 Å². The molecule has 0 radical (unpaired) electrons. The van der Waals surface area contributed by atoms with Crippen molar-refractivity contribution in [2.24, 2.45) is 0 Å². The van der Waals surface area contributed by atoms with Gasteiger partial charge in [0.25, 0.3) is 0 Å². The van der Waals surface area contributed by atoms with Gasteiger partial charge in [-0.1, -0.05) is 147 Å². The van der Waals surface area contributed by atoms with E-state index in [0.29, 0.717) is 28.1 Å². The molecule has 0 aliphatic carbocycles. The fourth-order valence-electron chi connectivity index (χ4n) is 7.89. The van der Waals surface area contributed by atoms with Crippen molar-refractivity contribution in [3.05, 3.63) is 205 Å². The van der Waals surface area contributed by atoms with Crippen molar-refractivity contribution in [3.63, 3.8) is 0 Å². The molecule has 0 bridgehead atoms. The van der Waals surface area contributed by atoms with E-state index in [1.54, 1.807) is 22.8 Å². The molecule has 0 aliphatic heterocycles. The van der Waals surface area contributed by atoms with Crippen molar-refractivity contribution in [2.45, 2.75) is 45.6 Å². The number of aromatic nitrogens is 4. The molecule has 0 amide bonds. The molecule has 0 atom stereocenters. The van der Waals surface area contributed by atoms with Crippen LogP contribution in [0.5, 0.6) is 11.5 Å². The summed E-state index contributed by atoms with van der Waals surface area (Å²) in [5.41, 5.74) is 4.12. The molecule has 6 heteroatoms. The maximum atomic E-state index is 9.03. The van der Waals surface area contributed by atoms with Crippen LogP contribution in [-0.2, 0) is 32.0 Å². The van der Waals surface area contributed by atoms with Gasteiger partial charge in [0.15, 0.2) is 0 Å². The molecule has 0 saturated heterocycles. The van der Waals surface area contributed by atoms with Crippen molar-refractivity contribution in [1.29, 1.82) is 0 Å². The summed E-state index contributed by atoms with van der Waals surface area (Å²) in [7, 11) is 0. The van der Waals surface area contributed by atoms with Gasteiger partial charge in [-0.2, -0.15) is 18.2 Å². The van der Waals surface area contributed by atoms with Gasteiger partial charge >= 0.3 is 0 Å². The average molecular weight is 982 g/mol. The summed E-state index contributed by atoms with van der Waals surface area (Å²) in [6.07, 6.45) is 5.35. The maximum absolute atomic E-state index is 9.03. The van der Waals surface area contributed by atoms with E-state index in [9.17, 15) is 0 Å². The third kappa shape index (κ3) is 7.17. The molecule has 10 aromatic rings. The second-order valence-corrected chi connectivity index (χ2v) is 16.1. The first-order chi connectivity index (χ1) is 33.3. The van der Waals surface area contributed by atoms with Crippen LogP contribution in [0.3, 0.4) is 0 Å². The standard InChI is InChI=1S/C55H44N4O.Pt/c1-54(2,3)40-32-33-56-52(35-40)59-48-27-13-12-24-46(48)47-31-30-43(36-51(47)59)60-42-23-16-22-41(34-42)55(4,5)58-37-57(49-28-14-15-29-50(49)58)53-44(38-18-8-6-9-19-38)25-17-26-45(53)39-20-10-7-11-21-39;/h6-33,35H,1-5H3;/q-2;/i6D,7D,8D,9D,10D,11D,18D,19D,20D,21D;. The zero-order valence-electron chi connectivity index (χ0n) is 44.0. The first kappa shape index (κ1) is 29.6. The molecule has 61 heavy (non-hydrogen) atoms. The van der Waals surface area contributed by atoms with E-state index in [1.807, 2.05) is 97.4 Å². The Balaban J connectivity index is 0.00000624. The zero-order chi connectivity index (χ0) is 49.7. The van der Waals surface area contributed by atoms with E-state index in [4.69, 9.17) is 23.4 Å². The minimum Gasteiger partial charge on any atom is -0.509 e. The van der Waals surface area contributed by atoms with Gasteiger partial charge in [0.05, 0.1) is 36.0 Å². The molecule has 7 aromatic carbocycles. The number of rotatable bonds is 8. The second-order valence-electron chi connectivity index (χ2n) is 16.1. The quantitative estimate of drug-likeness (QED) is 0.112. The Labute approximate surface area is 385 Å². The number of fused-ring (bicyclic) bond motifs is 4. The van der Waals surface area contributed by atoms with Crippen LogP contribution < -0.4 is 9.30 Å². The summed E-state index contributed by atoms with van der Waals surface area (Å²) in [5.74, 6) is 1.66. The molecule has 0 saturated carbocycles. The van der Waals surface area contributed by atoms with E-state index >= 15 is 0 Å². The van der Waals surface area contributed by atoms with E-state index < -0.39 is 66.0 Å². The second kappa shape index (κ2) is 15.8. The number of imidazole rings is 1. The predicted molar refractivity (Wildman–Crippen MR) is 243 cm³/mol. The van der Waals surface area contributed by atoms with Crippen LogP contribution in [0.25, 0.3) is 66.6 Å². The summed E-state index contributed by atoms with van der Waals surface area (Å²) in [6.45, 7) is 10.5. The Hall–Kier alpha value is -6.55. The van der Waals surface area contributed by atoms with Crippen molar-refractivity contribution in [2.75, 3.05) is 0 Å². The number of benzene rings is 7.